The number of amides is 1. The fourth-order valence-electron chi connectivity index (χ4n) is 1.51. The van der Waals surface area contributed by atoms with Crippen LogP contribution in [0.5, 0.6) is 0 Å². The lowest BCUT2D eigenvalue weighted by Gasteiger charge is -2.25. The van der Waals surface area contributed by atoms with Crippen molar-refractivity contribution in [2.45, 2.75) is 31.5 Å². The minimum absolute atomic E-state index is 0.568. The Balaban J connectivity index is 2.68. The molecule has 0 saturated heterocycles. The third-order valence-corrected chi connectivity index (χ3v) is 2.90. The van der Waals surface area contributed by atoms with Gasteiger partial charge in [0.05, 0.1) is 12.0 Å². The summed E-state index contributed by atoms with van der Waals surface area (Å²) in [6.45, 7) is 2.37. The molecule has 0 aromatic heterocycles. The standard InChI is InChI=1S/C13H16F3NO2/c1-12(2,9-6-4-3-5-7-9)11(19)17-8-10(18)13(14,15)16/h3-7,10,18H,8H2,1-2H3,(H,17,19). The number of hydrogen-bond acceptors (Lipinski definition) is 2. The molecule has 0 aliphatic carbocycles. The molecule has 1 atom stereocenters. The largest absolute Gasteiger partial charge is 0.416 e. The lowest BCUT2D eigenvalue weighted by atomic mass is 9.84. The molecule has 0 saturated carbocycles. The smallest absolute Gasteiger partial charge is 0.382 e. The van der Waals surface area contributed by atoms with Crippen molar-refractivity contribution >= 4 is 5.91 Å². The number of aliphatic hydroxyl groups excluding tert-OH is 1. The van der Waals surface area contributed by atoms with Crippen LogP contribution in [0.4, 0.5) is 13.2 Å². The van der Waals surface area contributed by atoms with E-state index in [1.165, 1.54) is 0 Å². The van der Waals surface area contributed by atoms with Crippen LogP contribution in [0.15, 0.2) is 30.3 Å². The van der Waals surface area contributed by atoms with Gasteiger partial charge in [0.15, 0.2) is 6.10 Å². The zero-order valence-corrected chi connectivity index (χ0v) is 10.7. The van der Waals surface area contributed by atoms with Gasteiger partial charge in [-0.2, -0.15) is 13.2 Å². The van der Waals surface area contributed by atoms with Crippen LogP contribution >= 0.6 is 0 Å². The van der Waals surface area contributed by atoms with E-state index in [1.54, 1.807) is 44.2 Å². The maximum atomic E-state index is 12.1. The summed E-state index contributed by atoms with van der Waals surface area (Å²) < 4.78 is 36.4. The second kappa shape index (κ2) is 5.61. The Kier molecular flexibility index (Phi) is 4.57. The summed E-state index contributed by atoms with van der Waals surface area (Å²) >= 11 is 0. The van der Waals surface area contributed by atoms with Gasteiger partial charge in [-0.15, -0.1) is 0 Å². The van der Waals surface area contributed by atoms with Crippen molar-refractivity contribution in [3.05, 3.63) is 35.9 Å². The van der Waals surface area contributed by atoms with Gasteiger partial charge in [-0.1, -0.05) is 30.3 Å². The van der Waals surface area contributed by atoms with Crippen molar-refractivity contribution in [2.24, 2.45) is 0 Å². The van der Waals surface area contributed by atoms with E-state index < -0.39 is 30.1 Å². The first-order valence-corrected chi connectivity index (χ1v) is 5.74. The SMILES string of the molecule is CC(C)(C(=O)NCC(O)C(F)(F)F)c1ccccc1. The number of alkyl halides is 3. The molecule has 3 nitrogen and oxygen atoms in total. The number of rotatable bonds is 4. The summed E-state index contributed by atoms with van der Waals surface area (Å²) in [6, 6.07) is 8.72. The van der Waals surface area contributed by atoms with E-state index in [4.69, 9.17) is 5.11 Å². The van der Waals surface area contributed by atoms with Crippen LogP contribution in [0.25, 0.3) is 0 Å². The van der Waals surface area contributed by atoms with Gasteiger partial charge in [-0.25, -0.2) is 0 Å². The molecule has 1 unspecified atom stereocenters. The maximum absolute atomic E-state index is 12.1. The summed E-state index contributed by atoms with van der Waals surface area (Å²) in [5.74, 6) is -0.568. The number of nitrogens with one attached hydrogen (secondary N) is 1. The highest BCUT2D eigenvalue weighted by atomic mass is 19.4. The number of carbonyl (C=O) groups excluding carboxylic acids is 1. The van der Waals surface area contributed by atoms with E-state index in [1.807, 2.05) is 0 Å². The van der Waals surface area contributed by atoms with E-state index in [2.05, 4.69) is 5.32 Å². The zero-order chi connectivity index (χ0) is 14.7. The highest BCUT2D eigenvalue weighted by Crippen LogP contribution is 2.24. The highest BCUT2D eigenvalue weighted by molar-refractivity contribution is 5.87. The molecule has 0 aliphatic heterocycles. The Morgan fingerprint density at radius 3 is 2.26 bits per heavy atom. The molecule has 1 aromatic rings. The fraction of sp³-hybridized carbons (Fsp3) is 0.462. The van der Waals surface area contributed by atoms with Crippen molar-refractivity contribution in [2.75, 3.05) is 6.54 Å². The second-order valence-corrected chi connectivity index (χ2v) is 4.76. The number of aliphatic hydroxyl groups is 1. The van der Waals surface area contributed by atoms with E-state index in [9.17, 15) is 18.0 Å². The molecule has 2 N–H and O–H groups in total. The fourth-order valence-corrected chi connectivity index (χ4v) is 1.51. The Labute approximate surface area is 109 Å². The Morgan fingerprint density at radius 1 is 1.26 bits per heavy atom. The van der Waals surface area contributed by atoms with Crippen LogP contribution in [-0.2, 0) is 10.2 Å². The lowest BCUT2D eigenvalue weighted by Crippen LogP contribution is -2.46. The van der Waals surface area contributed by atoms with E-state index >= 15 is 0 Å². The van der Waals surface area contributed by atoms with Crippen LogP contribution in [0.2, 0.25) is 0 Å². The van der Waals surface area contributed by atoms with Gasteiger partial charge < -0.3 is 10.4 Å². The highest BCUT2D eigenvalue weighted by Gasteiger charge is 2.39. The molecule has 6 heteroatoms. The van der Waals surface area contributed by atoms with Gasteiger partial charge >= 0.3 is 6.18 Å². The molecule has 0 spiro atoms. The summed E-state index contributed by atoms with van der Waals surface area (Å²) in [5, 5.41) is 10.9. The second-order valence-electron chi connectivity index (χ2n) is 4.76. The molecule has 106 valence electrons. The normalized spacial score (nSPS) is 14.0. The molecular weight excluding hydrogens is 259 g/mol. The van der Waals surface area contributed by atoms with Crippen LogP contribution in [0.3, 0.4) is 0 Å². The third kappa shape index (κ3) is 3.96. The van der Waals surface area contributed by atoms with Gasteiger partial charge in [-0.3, -0.25) is 4.79 Å². The van der Waals surface area contributed by atoms with Crippen LogP contribution < -0.4 is 5.32 Å². The molecule has 1 aromatic carbocycles. The minimum atomic E-state index is -4.73. The average molecular weight is 275 g/mol. The van der Waals surface area contributed by atoms with Crippen LogP contribution in [0.1, 0.15) is 19.4 Å². The van der Waals surface area contributed by atoms with Gasteiger partial charge in [0.2, 0.25) is 5.91 Å². The van der Waals surface area contributed by atoms with Gasteiger partial charge in [-0.05, 0) is 19.4 Å². The predicted octanol–water partition coefficient (Wildman–Crippen LogP) is 2.00. The van der Waals surface area contributed by atoms with E-state index in [-0.39, 0.29) is 0 Å². The summed E-state index contributed by atoms with van der Waals surface area (Å²) in [4.78, 5) is 11.9. The summed E-state index contributed by atoms with van der Waals surface area (Å²) in [5.41, 5.74) is -0.277. The molecule has 19 heavy (non-hydrogen) atoms. The Hall–Kier alpha value is -1.56. The monoisotopic (exact) mass is 275 g/mol. The first-order chi connectivity index (χ1) is 8.65. The van der Waals surface area contributed by atoms with Gasteiger partial charge in [0.25, 0.3) is 0 Å². The Bertz CT molecular complexity index is 429. The molecule has 0 heterocycles. The predicted molar refractivity (Wildman–Crippen MR) is 64.5 cm³/mol. The first kappa shape index (κ1) is 15.5. The lowest BCUT2D eigenvalue weighted by molar-refractivity contribution is -0.202. The number of benzene rings is 1. The average Bonchev–Trinajstić information content (AvgIpc) is 2.35. The third-order valence-electron chi connectivity index (χ3n) is 2.90. The number of halogens is 3. The van der Waals surface area contributed by atoms with Crippen LogP contribution in [0, 0.1) is 0 Å². The van der Waals surface area contributed by atoms with Crippen molar-refractivity contribution in [1.82, 2.24) is 5.32 Å². The van der Waals surface area contributed by atoms with Gasteiger partial charge in [0, 0.05) is 0 Å². The van der Waals surface area contributed by atoms with Crippen molar-refractivity contribution in [1.29, 1.82) is 0 Å². The summed E-state index contributed by atoms with van der Waals surface area (Å²) in [7, 11) is 0. The van der Waals surface area contributed by atoms with Gasteiger partial charge in [0.1, 0.15) is 0 Å². The molecule has 1 amide bonds. The molecule has 0 bridgehead atoms. The van der Waals surface area contributed by atoms with Crippen molar-refractivity contribution in [3.63, 3.8) is 0 Å². The number of carbonyl (C=O) groups is 1. The first-order valence-electron chi connectivity index (χ1n) is 5.74. The molecule has 0 fully saturated rings. The maximum Gasteiger partial charge on any atom is 0.416 e. The molecular formula is C13H16F3NO2. The van der Waals surface area contributed by atoms with E-state index in [0.717, 1.165) is 0 Å². The molecule has 0 radical (unpaired) electrons. The quantitative estimate of drug-likeness (QED) is 0.883. The zero-order valence-electron chi connectivity index (χ0n) is 10.7. The van der Waals surface area contributed by atoms with E-state index in [0.29, 0.717) is 5.56 Å². The number of hydrogen-bond donors (Lipinski definition) is 2. The minimum Gasteiger partial charge on any atom is -0.382 e. The van der Waals surface area contributed by atoms with Crippen LogP contribution in [-0.4, -0.2) is 29.8 Å². The topological polar surface area (TPSA) is 49.3 Å². The molecule has 0 aliphatic rings. The van der Waals surface area contributed by atoms with Crippen molar-refractivity contribution in [3.8, 4) is 0 Å². The Morgan fingerprint density at radius 2 is 1.79 bits per heavy atom. The summed E-state index contributed by atoms with van der Waals surface area (Å²) in [6.07, 6.45) is -7.28. The molecule has 1 rings (SSSR count). The van der Waals surface area contributed by atoms with Crippen molar-refractivity contribution < 1.29 is 23.1 Å².